The minimum Gasteiger partial charge on any atom is -0.496 e. The molecule has 1 unspecified atom stereocenters. The van der Waals surface area contributed by atoms with Crippen LogP contribution in [0.2, 0.25) is 0 Å². The van der Waals surface area contributed by atoms with Gasteiger partial charge in [-0.15, -0.1) is 0 Å². The highest BCUT2D eigenvalue weighted by molar-refractivity contribution is 7.92. The monoisotopic (exact) mass is 377 g/mol. The predicted octanol–water partition coefficient (Wildman–Crippen LogP) is 1.41. The van der Waals surface area contributed by atoms with Crippen molar-refractivity contribution in [2.75, 3.05) is 24.7 Å². The number of benzene rings is 2. The van der Waals surface area contributed by atoms with Crippen LogP contribution in [0.25, 0.3) is 0 Å². The Bertz CT molecular complexity index is 866. The highest BCUT2D eigenvalue weighted by Gasteiger charge is 2.19. The Labute approximate surface area is 153 Å². The van der Waals surface area contributed by atoms with Crippen molar-refractivity contribution < 1.29 is 17.9 Å². The Morgan fingerprint density at radius 3 is 2.38 bits per heavy atom. The first-order valence-corrected chi connectivity index (χ1v) is 9.78. The first-order valence-electron chi connectivity index (χ1n) is 7.93. The molecule has 0 bridgehead atoms. The van der Waals surface area contributed by atoms with Crippen LogP contribution in [0.15, 0.2) is 48.5 Å². The lowest BCUT2D eigenvalue weighted by Gasteiger charge is -2.17. The smallest absolute Gasteiger partial charge is 0.241 e. The van der Waals surface area contributed by atoms with Gasteiger partial charge in [0, 0.05) is 19.2 Å². The average molecular weight is 377 g/mol. The van der Waals surface area contributed by atoms with Crippen molar-refractivity contribution in [2.45, 2.75) is 12.6 Å². The van der Waals surface area contributed by atoms with Gasteiger partial charge in [0.2, 0.25) is 15.9 Å². The summed E-state index contributed by atoms with van der Waals surface area (Å²) in [5.41, 5.74) is 8.01. The number of anilines is 1. The molecular weight excluding hydrogens is 354 g/mol. The lowest BCUT2D eigenvalue weighted by atomic mass is 10.1. The van der Waals surface area contributed by atoms with Crippen LogP contribution in [0.1, 0.15) is 17.2 Å². The van der Waals surface area contributed by atoms with E-state index in [-0.39, 0.29) is 12.5 Å². The summed E-state index contributed by atoms with van der Waals surface area (Å²) in [6.07, 6.45) is 1.14. The molecule has 0 saturated heterocycles. The van der Waals surface area contributed by atoms with Crippen LogP contribution in [-0.2, 0) is 21.4 Å². The largest absolute Gasteiger partial charge is 0.496 e. The number of para-hydroxylation sites is 1. The molecule has 140 valence electrons. The van der Waals surface area contributed by atoms with Crippen molar-refractivity contribution in [3.8, 4) is 5.75 Å². The van der Waals surface area contributed by atoms with Gasteiger partial charge < -0.3 is 15.8 Å². The number of nitrogens with zero attached hydrogens (tertiary/aromatic N) is 1. The van der Waals surface area contributed by atoms with Gasteiger partial charge in [-0.25, -0.2) is 8.42 Å². The third-order valence-electron chi connectivity index (χ3n) is 4.02. The molecule has 0 saturated carbocycles. The van der Waals surface area contributed by atoms with Crippen molar-refractivity contribution in [3.63, 3.8) is 0 Å². The summed E-state index contributed by atoms with van der Waals surface area (Å²) >= 11 is 0. The Morgan fingerprint density at radius 1 is 1.19 bits per heavy atom. The minimum atomic E-state index is -3.31. The number of nitrogens with one attached hydrogen (secondary N) is 1. The summed E-state index contributed by atoms with van der Waals surface area (Å²) in [7, 11) is -0.297. The summed E-state index contributed by atoms with van der Waals surface area (Å²) in [4.78, 5) is 12.3. The molecule has 2 aromatic carbocycles. The Morgan fingerprint density at radius 2 is 1.81 bits per heavy atom. The second kappa shape index (κ2) is 8.20. The van der Waals surface area contributed by atoms with E-state index >= 15 is 0 Å². The molecule has 0 radical (unpaired) electrons. The van der Waals surface area contributed by atoms with Crippen molar-refractivity contribution in [2.24, 2.45) is 5.73 Å². The van der Waals surface area contributed by atoms with Crippen LogP contribution in [0.3, 0.4) is 0 Å². The van der Waals surface area contributed by atoms with Gasteiger partial charge in [-0.3, -0.25) is 9.10 Å². The zero-order valence-corrected chi connectivity index (χ0v) is 15.8. The fourth-order valence-electron chi connectivity index (χ4n) is 2.38. The first-order chi connectivity index (χ1) is 12.2. The van der Waals surface area contributed by atoms with E-state index in [1.807, 2.05) is 6.07 Å². The number of amides is 1. The molecule has 1 atom stereocenters. The maximum Gasteiger partial charge on any atom is 0.241 e. The van der Waals surface area contributed by atoms with Crippen LogP contribution in [0.5, 0.6) is 5.75 Å². The number of carbonyl (C=O) groups excluding carboxylic acids is 1. The molecule has 0 fully saturated rings. The summed E-state index contributed by atoms with van der Waals surface area (Å²) in [6, 6.07) is 13.1. The number of hydrogen-bond donors (Lipinski definition) is 2. The summed E-state index contributed by atoms with van der Waals surface area (Å²) in [5.74, 6) is 0.232. The van der Waals surface area contributed by atoms with Crippen LogP contribution >= 0.6 is 0 Å². The molecule has 2 rings (SSSR count). The van der Waals surface area contributed by atoms with E-state index in [9.17, 15) is 13.2 Å². The topological polar surface area (TPSA) is 102 Å². The second-order valence-corrected chi connectivity index (χ2v) is 7.85. The van der Waals surface area contributed by atoms with Gasteiger partial charge in [0.25, 0.3) is 0 Å². The van der Waals surface area contributed by atoms with E-state index in [0.717, 1.165) is 11.8 Å². The van der Waals surface area contributed by atoms with Crippen LogP contribution in [0.4, 0.5) is 5.69 Å². The number of rotatable bonds is 7. The van der Waals surface area contributed by atoms with Gasteiger partial charge in [-0.05, 0) is 23.8 Å². The molecule has 0 aromatic heterocycles. The predicted molar refractivity (Wildman–Crippen MR) is 101 cm³/mol. The molecule has 7 nitrogen and oxygen atoms in total. The lowest BCUT2D eigenvalue weighted by Crippen LogP contribution is -2.33. The number of nitrogens with two attached hydrogens (primary N) is 1. The highest BCUT2D eigenvalue weighted by Crippen LogP contribution is 2.23. The van der Waals surface area contributed by atoms with Gasteiger partial charge in [0.1, 0.15) is 11.8 Å². The van der Waals surface area contributed by atoms with Gasteiger partial charge in [-0.2, -0.15) is 0 Å². The van der Waals surface area contributed by atoms with E-state index in [4.69, 9.17) is 10.5 Å². The SMILES string of the molecule is COc1ccccc1C(N)C(=O)NCc1ccc(N(C)S(C)(=O)=O)cc1. The molecule has 1 amide bonds. The van der Waals surface area contributed by atoms with E-state index in [2.05, 4.69) is 5.32 Å². The Balaban J connectivity index is 2.01. The van der Waals surface area contributed by atoms with Crippen LogP contribution < -0.4 is 20.1 Å². The zero-order chi connectivity index (χ0) is 19.3. The third kappa shape index (κ3) is 4.74. The third-order valence-corrected chi connectivity index (χ3v) is 5.23. The van der Waals surface area contributed by atoms with Gasteiger partial charge >= 0.3 is 0 Å². The number of carbonyl (C=O) groups is 1. The van der Waals surface area contributed by atoms with Crippen LogP contribution in [0, 0.1) is 0 Å². The van der Waals surface area contributed by atoms with E-state index in [0.29, 0.717) is 17.0 Å². The summed E-state index contributed by atoms with van der Waals surface area (Å²) in [5, 5.41) is 2.78. The molecule has 0 aliphatic rings. The zero-order valence-electron chi connectivity index (χ0n) is 15.0. The number of hydrogen-bond acceptors (Lipinski definition) is 5. The molecule has 0 aliphatic carbocycles. The highest BCUT2D eigenvalue weighted by atomic mass is 32.2. The Kier molecular flexibility index (Phi) is 6.23. The van der Waals surface area contributed by atoms with Crippen molar-refractivity contribution in [3.05, 3.63) is 59.7 Å². The standard InChI is InChI=1S/C18H23N3O4S/c1-21(26(3,23)24)14-10-8-13(9-11-14)12-20-18(22)17(19)15-6-4-5-7-16(15)25-2/h4-11,17H,12,19H2,1-3H3,(H,20,22). The molecule has 2 aromatic rings. The fraction of sp³-hybridized carbons (Fsp3) is 0.278. The number of sulfonamides is 1. The molecular formula is C18H23N3O4S. The Hall–Kier alpha value is -2.58. The van der Waals surface area contributed by atoms with Crippen molar-refractivity contribution in [1.29, 1.82) is 0 Å². The number of ether oxygens (including phenoxy) is 1. The molecule has 0 aliphatic heterocycles. The van der Waals surface area contributed by atoms with E-state index in [1.54, 1.807) is 42.5 Å². The van der Waals surface area contributed by atoms with Gasteiger partial charge in [-0.1, -0.05) is 30.3 Å². The molecule has 26 heavy (non-hydrogen) atoms. The normalized spacial score (nSPS) is 12.3. The average Bonchev–Trinajstić information content (AvgIpc) is 2.64. The van der Waals surface area contributed by atoms with E-state index < -0.39 is 16.1 Å². The summed E-state index contributed by atoms with van der Waals surface area (Å²) < 4.78 is 29.5. The summed E-state index contributed by atoms with van der Waals surface area (Å²) in [6.45, 7) is 0.282. The lowest BCUT2D eigenvalue weighted by molar-refractivity contribution is -0.122. The molecule has 0 spiro atoms. The maximum atomic E-state index is 12.3. The number of methoxy groups -OCH3 is 1. The maximum absolute atomic E-state index is 12.3. The second-order valence-electron chi connectivity index (χ2n) is 5.83. The van der Waals surface area contributed by atoms with E-state index in [1.165, 1.54) is 18.5 Å². The molecule has 3 N–H and O–H groups in total. The fourth-order valence-corrected chi connectivity index (χ4v) is 2.88. The molecule has 8 heteroatoms. The van der Waals surface area contributed by atoms with Crippen LogP contribution in [-0.4, -0.2) is 34.7 Å². The van der Waals surface area contributed by atoms with Gasteiger partial charge in [0.05, 0.1) is 19.1 Å². The quantitative estimate of drug-likeness (QED) is 0.760. The molecule has 0 heterocycles. The first kappa shape index (κ1) is 19.7. The minimum absolute atomic E-state index is 0.282. The van der Waals surface area contributed by atoms with Crippen molar-refractivity contribution >= 4 is 21.6 Å². The van der Waals surface area contributed by atoms with Gasteiger partial charge in [0.15, 0.2) is 0 Å². The van der Waals surface area contributed by atoms with Crippen molar-refractivity contribution in [1.82, 2.24) is 5.32 Å².